The minimum atomic E-state index is -0.203. The van der Waals surface area contributed by atoms with E-state index >= 15 is 0 Å². The molecule has 0 heterocycles. The Morgan fingerprint density at radius 3 is 2.35 bits per heavy atom. The van der Waals surface area contributed by atoms with Gasteiger partial charge in [0, 0.05) is 12.2 Å². The van der Waals surface area contributed by atoms with Gasteiger partial charge in [0.05, 0.1) is 7.11 Å². The molecule has 0 saturated carbocycles. The first kappa shape index (κ1) is 26.8. The summed E-state index contributed by atoms with van der Waals surface area (Å²) < 4.78 is 11.1. The molecule has 2 aromatic carbocycles. The van der Waals surface area contributed by atoms with E-state index < -0.39 is 0 Å². The molecule has 0 radical (unpaired) electrons. The fourth-order valence-corrected chi connectivity index (χ4v) is 3.18. The lowest BCUT2D eigenvalue weighted by Gasteiger charge is -2.13. The fourth-order valence-electron chi connectivity index (χ4n) is 3.18. The van der Waals surface area contributed by atoms with E-state index in [4.69, 9.17) is 9.47 Å². The molecule has 0 aliphatic carbocycles. The van der Waals surface area contributed by atoms with Crippen molar-refractivity contribution in [2.75, 3.05) is 25.6 Å². The van der Waals surface area contributed by atoms with Crippen LogP contribution in [-0.4, -0.2) is 26.2 Å². The minimum absolute atomic E-state index is 0. The number of unbranched alkanes of at least 4 members (excludes halogenated alkanes) is 5. The Kier molecular flexibility index (Phi) is 13.4. The summed E-state index contributed by atoms with van der Waals surface area (Å²) >= 11 is 0. The van der Waals surface area contributed by atoms with Gasteiger partial charge >= 0.3 is 0 Å². The number of carbonyl (C=O) groups is 1. The van der Waals surface area contributed by atoms with Gasteiger partial charge < -0.3 is 20.1 Å². The van der Waals surface area contributed by atoms with Crippen molar-refractivity contribution in [2.24, 2.45) is 0 Å². The van der Waals surface area contributed by atoms with Crippen molar-refractivity contribution in [3.63, 3.8) is 0 Å². The van der Waals surface area contributed by atoms with Crippen molar-refractivity contribution in [1.82, 2.24) is 5.32 Å². The molecule has 172 valence electrons. The highest BCUT2D eigenvalue weighted by Crippen LogP contribution is 2.28. The van der Waals surface area contributed by atoms with Crippen molar-refractivity contribution >= 4 is 24.0 Å². The SMILES string of the molecule is CCCCCCCCNCc1ccc(OCC(=O)Nc2ccc(C)cc2)c(OC)c1.Cl. The summed E-state index contributed by atoms with van der Waals surface area (Å²) in [7, 11) is 1.61. The summed E-state index contributed by atoms with van der Waals surface area (Å²) in [6, 6.07) is 13.5. The van der Waals surface area contributed by atoms with Crippen LogP contribution in [0.4, 0.5) is 5.69 Å². The largest absolute Gasteiger partial charge is 0.493 e. The second-order valence-corrected chi connectivity index (χ2v) is 7.63. The molecule has 0 saturated heterocycles. The maximum Gasteiger partial charge on any atom is 0.262 e. The van der Waals surface area contributed by atoms with E-state index in [0.717, 1.165) is 29.9 Å². The normalized spacial score (nSPS) is 10.3. The summed E-state index contributed by atoms with van der Waals surface area (Å²) in [5.74, 6) is 0.999. The van der Waals surface area contributed by atoms with Crippen LogP contribution in [0.1, 0.15) is 56.6 Å². The van der Waals surface area contributed by atoms with Gasteiger partial charge in [-0.1, -0.05) is 62.8 Å². The molecule has 0 aliphatic heterocycles. The number of benzene rings is 2. The summed E-state index contributed by atoms with van der Waals surface area (Å²) in [6.45, 7) is 5.99. The highest BCUT2D eigenvalue weighted by molar-refractivity contribution is 5.91. The maximum atomic E-state index is 12.1. The number of methoxy groups -OCH3 is 1. The zero-order chi connectivity index (χ0) is 21.6. The second kappa shape index (κ2) is 15.5. The molecular formula is C25H37ClN2O3. The van der Waals surface area contributed by atoms with Crippen molar-refractivity contribution in [3.8, 4) is 11.5 Å². The molecule has 0 bridgehead atoms. The van der Waals surface area contributed by atoms with Crippen LogP contribution in [0.5, 0.6) is 11.5 Å². The average molecular weight is 449 g/mol. The summed E-state index contributed by atoms with van der Waals surface area (Å²) in [5, 5.41) is 6.31. The summed E-state index contributed by atoms with van der Waals surface area (Å²) in [6.07, 6.45) is 7.80. The van der Waals surface area contributed by atoms with E-state index in [1.54, 1.807) is 7.11 Å². The van der Waals surface area contributed by atoms with Gasteiger partial charge in [0.2, 0.25) is 0 Å². The van der Waals surface area contributed by atoms with E-state index in [-0.39, 0.29) is 24.9 Å². The molecule has 6 heteroatoms. The quantitative estimate of drug-likeness (QED) is 0.353. The number of rotatable bonds is 14. The van der Waals surface area contributed by atoms with Gasteiger partial charge in [0.15, 0.2) is 18.1 Å². The number of anilines is 1. The summed E-state index contributed by atoms with van der Waals surface area (Å²) in [4.78, 5) is 12.1. The molecule has 2 rings (SSSR count). The van der Waals surface area contributed by atoms with Crippen molar-refractivity contribution in [3.05, 3.63) is 53.6 Å². The van der Waals surface area contributed by atoms with E-state index in [1.165, 1.54) is 38.5 Å². The van der Waals surface area contributed by atoms with Crippen molar-refractivity contribution < 1.29 is 14.3 Å². The van der Waals surface area contributed by atoms with E-state index in [2.05, 4.69) is 17.6 Å². The van der Waals surface area contributed by atoms with Crippen LogP contribution in [0.2, 0.25) is 0 Å². The number of ether oxygens (including phenoxy) is 2. The van der Waals surface area contributed by atoms with Gasteiger partial charge in [-0.25, -0.2) is 0 Å². The van der Waals surface area contributed by atoms with Gasteiger partial charge in [-0.2, -0.15) is 0 Å². The Balaban J connectivity index is 0.00000480. The zero-order valence-corrected chi connectivity index (χ0v) is 19.9. The number of amides is 1. The number of aryl methyl sites for hydroxylation is 1. The average Bonchev–Trinajstić information content (AvgIpc) is 2.76. The fraction of sp³-hybridized carbons (Fsp3) is 0.480. The van der Waals surface area contributed by atoms with Crippen molar-refractivity contribution in [1.29, 1.82) is 0 Å². The molecule has 0 fully saturated rings. The van der Waals surface area contributed by atoms with Gasteiger partial charge in [-0.3, -0.25) is 4.79 Å². The third kappa shape index (κ3) is 10.6. The first-order valence-corrected chi connectivity index (χ1v) is 11.0. The number of carbonyl (C=O) groups excluding carboxylic acids is 1. The smallest absolute Gasteiger partial charge is 0.262 e. The predicted molar refractivity (Wildman–Crippen MR) is 131 cm³/mol. The number of nitrogens with one attached hydrogen (secondary N) is 2. The Morgan fingerprint density at radius 2 is 1.65 bits per heavy atom. The number of halogens is 1. The molecule has 31 heavy (non-hydrogen) atoms. The highest BCUT2D eigenvalue weighted by Gasteiger charge is 2.09. The van der Waals surface area contributed by atoms with Crippen LogP contribution in [-0.2, 0) is 11.3 Å². The molecule has 0 aliphatic rings. The molecule has 0 spiro atoms. The van der Waals surface area contributed by atoms with Crippen LogP contribution in [0.25, 0.3) is 0 Å². The zero-order valence-electron chi connectivity index (χ0n) is 19.0. The predicted octanol–water partition coefficient (Wildman–Crippen LogP) is 5.89. The van der Waals surface area contributed by atoms with Gasteiger partial charge in [0.1, 0.15) is 0 Å². The maximum absolute atomic E-state index is 12.1. The monoisotopic (exact) mass is 448 g/mol. The van der Waals surface area contributed by atoms with E-state index in [9.17, 15) is 4.79 Å². The number of hydrogen-bond donors (Lipinski definition) is 2. The van der Waals surface area contributed by atoms with Gasteiger partial charge in [-0.05, 0) is 49.7 Å². The molecule has 1 amide bonds. The Labute approximate surface area is 193 Å². The first-order chi connectivity index (χ1) is 14.6. The molecule has 0 atom stereocenters. The van der Waals surface area contributed by atoms with Crippen LogP contribution in [0.15, 0.2) is 42.5 Å². The van der Waals surface area contributed by atoms with Crippen LogP contribution in [0.3, 0.4) is 0 Å². The molecule has 2 N–H and O–H groups in total. The first-order valence-electron chi connectivity index (χ1n) is 11.0. The Morgan fingerprint density at radius 1 is 0.935 bits per heavy atom. The Bertz CT molecular complexity index is 766. The van der Waals surface area contributed by atoms with E-state index in [1.807, 2.05) is 49.4 Å². The topological polar surface area (TPSA) is 59.6 Å². The van der Waals surface area contributed by atoms with Gasteiger partial charge in [-0.15, -0.1) is 12.4 Å². The molecule has 0 aromatic heterocycles. The standard InChI is InChI=1S/C25H36N2O3.ClH/c1-4-5-6-7-8-9-16-26-18-21-12-15-23(24(17-21)29-3)30-19-25(28)27-22-13-10-20(2)11-14-22;/h10-15,17,26H,4-9,16,18-19H2,1-3H3,(H,27,28);1H. The molecule has 2 aromatic rings. The summed E-state index contributed by atoms with van der Waals surface area (Å²) in [5.41, 5.74) is 3.04. The second-order valence-electron chi connectivity index (χ2n) is 7.63. The lowest BCUT2D eigenvalue weighted by molar-refractivity contribution is -0.118. The van der Waals surface area contributed by atoms with Crippen molar-refractivity contribution in [2.45, 2.75) is 58.9 Å². The van der Waals surface area contributed by atoms with Crippen LogP contribution in [0, 0.1) is 6.92 Å². The molecule has 0 unspecified atom stereocenters. The minimum Gasteiger partial charge on any atom is -0.493 e. The molecular weight excluding hydrogens is 412 g/mol. The lowest BCUT2D eigenvalue weighted by atomic mass is 10.1. The Hall–Kier alpha value is -2.24. The van der Waals surface area contributed by atoms with Crippen LogP contribution >= 0.6 is 12.4 Å². The molecule has 5 nitrogen and oxygen atoms in total. The third-order valence-electron chi connectivity index (χ3n) is 4.96. The lowest BCUT2D eigenvalue weighted by Crippen LogP contribution is -2.20. The van der Waals surface area contributed by atoms with Gasteiger partial charge in [0.25, 0.3) is 5.91 Å². The highest BCUT2D eigenvalue weighted by atomic mass is 35.5. The number of hydrogen-bond acceptors (Lipinski definition) is 4. The van der Waals surface area contributed by atoms with Crippen LogP contribution < -0.4 is 20.1 Å². The van der Waals surface area contributed by atoms with E-state index in [0.29, 0.717) is 11.5 Å². The third-order valence-corrected chi connectivity index (χ3v) is 4.96.